The van der Waals surface area contributed by atoms with Gasteiger partial charge in [0.1, 0.15) is 0 Å². The molecule has 0 aliphatic rings. The summed E-state index contributed by atoms with van der Waals surface area (Å²) in [5, 5.41) is 0.900. The molecule has 3 N–H and O–H groups in total. The van der Waals surface area contributed by atoms with E-state index in [9.17, 15) is 8.42 Å². The summed E-state index contributed by atoms with van der Waals surface area (Å²) in [6, 6.07) is 4.77. The van der Waals surface area contributed by atoms with Gasteiger partial charge in [0.15, 0.2) is 9.84 Å². The first-order chi connectivity index (χ1) is 8.59. The van der Waals surface area contributed by atoms with E-state index in [4.69, 9.17) is 29.0 Å². The average Bonchev–Trinajstić information content (AvgIpc) is 2.28. The molecule has 7 heteroatoms. The van der Waals surface area contributed by atoms with Crippen molar-refractivity contribution in [2.45, 2.75) is 31.1 Å². The van der Waals surface area contributed by atoms with Crippen LogP contribution in [0, 0.1) is 0 Å². The fourth-order valence-electron chi connectivity index (χ4n) is 1.67. The van der Waals surface area contributed by atoms with Crippen LogP contribution < -0.4 is 11.3 Å². The van der Waals surface area contributed by atoms with E-state index in [1.165, 1.54) is 6.26 Å². The number of sulfone groups is 1. The van der Waals surface area contributed by atoms with E-state index in [1.54, 1.807) is 32.0 Å². The van der Waals surface area contributed by atoms with Crippen LogP contribution in [0.1, 0.15) is 19.4 Å². The first-order valence-electron chi connectivity index (χ1n) is 5.69. The van der Waals surface area contributed by atoms with Gasteiger partial charge in [-0.1, -0.05) is 29.3 Å². The molecule has 19 heavy (non-hydrogen) atoms. The van der Waals surface area contributed by atoms with Gasteiger partial charge >= 0.3 is 0 Å². The standard InChI is InChI=1S/C12H18Cl2N2O2S/c1-12(2,19(3,17)18)11(16-15)7-8-4-5-9(13)10(14)6-8/h4-6,11,16H,7,15H2,1-3H3. The largest absolute Gasteiger partial charge is 0.271 e. The summed E-state index contributed by atoms with van der Waals surface area (Å²) in [6.07, 6.45) is 1.64. The second kappa shape index (κ2) is 5.97. The summed E-state index contributed by atoms with van der Waals surface area (Å²) in [7, 11) is -3.25. The SMILES string of the molecule is CC(C)(C(Cc1ccc(Cl)c(Cl)c1)NN)S(C)(=O)=O. The second-order valence-corrected chi connectivity index (χ2v) is 8.46. The molecule has 0 spiro atoms. The molecule has 0 saturated heterocycles. The van der Waals surface area contributed by atoms with Gasteiger partial charge in [0.25, 0.3) is 0 Å². The third-order valence-electron chi connectivity index (χ3n) is 3.42. The number of nitrogens with one attached hydrogen (secondary N) is 1. The summed E-state index contributed by atoms with van der Waals surface area (Å²) in [4.78, 5) is 0. The van der Waals surface area contributed by atoms with E-state index in [2.05, 4.69) is 5.43 Å². The van der Waals surface area contributed by atoms with Crippen molar-refractivity contribution in [1.82, 2.24) is 5.43 Å². The van der Waals surface area contributed by atoms with E-state index in [0.717, 1.165) is 5.56 Å². The summed E-state index contributed by atoms with van der Waals surface area (Å²) >= 11 is 11.8. The third kappa shape index (κ3) is 3.83. The van der Waals surface area contributed by atoms with Crippen molar-refractivity contribution in [1.29, 1.82) is 0 Å². The fourth-order valence-corrected chi connectivity index (χ4v) is 2.66. The molecular formula is C12H18Cl2N2O2S. The van der Waals surface area contributed by atoms with Crippen molar-refractivity contribution >= 4 is 33.0 Å². The van der Waals surface area contributed by atoms with Crippen LogP contribution in [0.3, 0.4) is 0 Å². The van der Waals surface area contributed by atoms with Crippen molar-refractivity contribution in [2.24, 2.45) is 5.84 Å². The average molecular weight is 325 g/mol. The Hall–Kier alpha value is -0.330. The summed E-state index contributed by atoms with van der Waals surface area (Å²) in [6.45, 7) is 3.29. The first kappa shape index (κ1) is 16.7. The van der Waals surface area contributed by atoms with Gasteiger partial charge in [-0.25, -0.2) is 8.42 Å². The molecule has 0 amide bonds. The number of hydrogen-bond acceptors (Lipinski definition) is 4. The highest BCUT2D eigenvalue weighted by molar-refractivity contribution is 7.92. The second-order valence-electron chi connectivity index (χ2n) is 5.05. The molecular weight excluding hydrogens is 307 g/mol. The van der Waals surface area contributed by atoms with Gasteiger partial charge in [0.05, 0.1) is 14.8 Å². The van der Waals surface area contributed by atoms with Gasteiger partial charge in [-0.3, -0.25) is 11.3 Å². The zero-order valence-electron chi connectivity index (χ0n) is 11.1. The maximum atomic E-state index is 11.8. The maximum Gasteiger partial charge on any atom is 0.154 e. The molecule has 0 heterocycles. The Bertz CT molecular complexity index is 559. The Labute approximate surface area is 124 Å². The number of halogens is 2. The normalized spacial score (nSPS) is 14.4. The molecule has 1 rings (SSSR count). The van der Waals surface area contributed by atoms with Crippen LogP contribution in [0.25, 0.3) is 0 Å². The zero-order valence-corrected chi connectivity index (χ0v) is 13.4. The van der Waals surface area contributed by atoms with Gasteiger partial charge < -0.3 is 0 Å². The lowest BCUT2D eigenvalue weighted by atomic mass is 9.96. The first-order valence-corrected chi connectivity index (χ1v) is 8.34. The maximum absolute atomic E-state index is 11.8. The van der Waals surface area contributed by atoms with E-state index in [-0.39, 0.29) is 0 Å². The molecule has 1 aromatic carbocycles. The Morgan fingerprint density at radius 1 is 1.32 bits per heavy atom. The van der Waals surface area contributed by atoms with Crippen LogP contribution in [0.15, 0.2) is 18.2 Å². The van der Waals surface area contributed by atoms with Crippen LogP contribution in [-0.4, -0.2) is 25.5 Å². The lowest BCUT2D eigenvalue weighted by Crippen LogP contribution is -2.55. The van der Waals surface area contributed by atoms with Crippen molar-refractivity contribution in [3.05, 3.63) is 33.8 Å². The molecule has 0 bridgehead atoms. The topological polar surface area (TPSA) is 72.2 Å². The Morgan fingerprint density at radius 2 is 1.89 bits per heavy atom. The number of nitrogens with two attached hydrogens (primary N) is 1. The van der Waals surface area contributed by atoms with Crippen molar-refractivity contribution in [3.8, 4) is 0 Å². The minimum Gasteiger partial charge on any atom is -0.271 e. The van der Waals surface area contributed by atoms with Gasteiger partial charge in [-0.05, 0) is 38.0 Å². The highest BCUT2D eigenvalue weighted by atomic mass is 35.5. The van der Waals surface area contributed by atoms with Gasteiger partial charge in [0.2, 0.25) is 0 Å². The molecule has 1 aromatic rings. The molecule has 1 atom stereocenters. The van der Waals surface area contributed by atoms with E-state index in [0.29, 0.717) is 16.5 Å². The van der Waals surface area contributed by atoms with Crippen LogP contribution in [0.4, 0.5) is 0 Å². The number of benzene rings is 1. The monoisotopic (exact) mass is 324 g/mol. The van der Waals surface area contributed by atoms with Crippen LogP contribution in [0.5, 0.6) is 0 Å². The minimum atomic E-state index is -3.25. The Morgan fingerprint density at radius 3 is 2.32 bits per heavy atom. The highest BCUT2D eigenvalue weighted by Crippen LogP contribution is 2.26. The number of hydrazine groups is 1. The van der Waals surface area contributed by atoms with Gasteiger partial charge in [-0.15, -0.1) is 0 Å². The van der Waals surface area contributed by atoms with Gasteiger partial charge in [0, 0.05) is 12.3 Å². The summed E-state index contributed by atoms with van der Waals surface area (Å²) in [5.41, 5.74) is 3.45. The lowest BCUT2D eigenvalue weighted by Gasteiger charge is -2.32. The van der Waals surface area contributed by atoms with Crippen LogP contribution in [0.2, 0.25) is 10.0 Å². The predicted molar refractivity (Wildman–Crippen MR) is 80.2 cm³/mol. The predicted octanol–water partition coefficient (Wildman–Crippen LogP) is 2.19. The Kier molecular flexibility index (Phi) is 5.26. The van der Waals surface area contributed by atoms with Crippen LogP contribution in [-0.2, 0) is 16.3 Å². The van der Waals surface area contributed by atoms with Crippen molar-refractivity contribution < 1.29 is 8.42 Å². The summed E-state index contributed by atoms with van der Waals surface area (Å²) in [5.74, 6) is 5.50. The molecule has 0 saturated carbocycles. The quantitative estimate of drug-likeness (QED) is 0.643. The number of rotatable bonds is 5. The summed E-state index contributed by atoms with van der Waals surface area (Å²) < 4.78 is 22.7. The molecule has 0 radical (unpaired) electrons. The molecule has 1 unspecified atom stereocenters. The zero-order chi connectivity index (χ0) is 14.8. The smallest absolute Gasteiger partial charge is 0.154 e. The number of hydrogen-bond donors (Lipinski definition) is 2. The minimum absolute atomic E-state index is 0.431. The molecule has 0 aliphatic carbocycles. The molecule has 0 fully saturated rings. The van der Waals surface area contributed by atoms with Crippen LogP contribution >= 0.6 is 23.2 Å². The molecule has 108 valence electrons. The van der Waals surface area contributed by atoms with E-state index in [1.807, 2.05) is 0 Å². The van der Waals surface area contributed by atoms with Crippen molar-refractivity contribution in [3.63, 3.8) is 0 Å². The fraction of sp³-hybridized carbons (Fsp3) is 0.500. The lowest BCUT2D eigenvalue weighted by molar-refractivity contribution is 0.413. The molecule has 4 nitrogen and oxygen atoms in total. The van der Waals surface area contributed by atoms with Crippen molar-refractivity contribution in [2.75, 3.05) is 6.26 Å². The third-order valence-corrected chi connectivity index (χ3v) is 6.35. The molecule has 0 aromatic heterocycles. The Balaban J connectivity index is 3.03. The molecule has 0 aliphatic heterocycles. The van der Waals surface area contributed by atoms with E-state index >= 15 is 0 Å². The van der Waals surface area contributed by atoms with Gasteiger partial charge in [-0.2, -0.15) is 0 Å². The van der Waals surface area contributed by atoms with E-state index < -0.39 is 20.6 Å². The highest BCUT2D eigenvalue weighted by Gasteiger charge is 2.38.